The number of anilines is 1. The maximum Gasteiger partial charge on any atom is 0.193 e. The number of halogens is 1. The van der Waals surface area contributed by atoms with Gasteiger partial charge in [-0.15, -0.1) is 10.2 Å². The largest absolute Gasteiger partial charge is 0.495 e. The molecule has 0 unspecified atom stereocenters. The van der Waals surface area contributed by atoms with Crippen molar-refractivity contribution in [2.75, 3.05) is 12.4 Å². The lowest BCUT2D eigenvalue weighted by Gasteiger charge is -2.09. The van der Waals surface area contributed by atoms with Gasteiger partial charge in [0.1, 0.15) is 18.6 Å². The zero-order valence-electron chi connectivity index (χ0n) is 13.6. The number of aliphatic imine (C=N–C) groups is 1. The number of nitrogens with two attached hydrogens (primary N) is 1. The molecule has 128 valence electrons. The lowest BCUT2D eigenvalue weighted by molar-refractivity contribution is 0.415. The highest BCUT2D eigenvalue weighted by atomic mass is 35.5. The topological polar surface area (TPSA) is 90.3 Å². The molecule has 25 heavy (non-hydrogen) atoms. The van der Waals surface area contributed by atoms with Crippen molar-refractivity contribution in [1.82, 2.24) is 14.8 Å². The normalized spacial score (nSPS) is 11.4. The van der Waals surface area contributed by atoms with Crippen LogP contribution in [0.1, 0.15) is 5.82 Å². The number of nitrogens with zero attached hydrogens (tertiary/aromatic N) is 4. The number of guanidine groups is 1. The highest BCUT2D eigenvalue weighted by Gasteiger charge is 2.06. The molecule has 3 aromatic rings. The predicted octanol–water partition coefficient (Wildman–Crippen LogP) is 2.86. The summed E-state index contributed by atoms with van der Waals surface area (Å²) in [6.07, 6.45) is 1.65. The molecule has 0 spiro atoms. The number of nitrogens with one attached hydrogen (secondary N) is 1. The van der Waals surface area contributed by atoms with E-state index in [2.05, 4.69) is 20.5 Å². The Kier molecular flexibility index (Phi) is 5.15. The van der Waals surface area contributed by atoms with Gasteiger partial charge in [0.15, 0.2) is 11.8 Å². The van der Waals surface area contributed by atoms with E-state index in [1.165, 1.54) is 0 Å². The van der Waals surface area contributed by atoms with Crippen molar-refractivity contribution in [3.05, 3.63) is 65.7 Å². The van der Waals surface area contributed by atoms with Crippen molar-refractivity contribution in [2.45, 2.75) is 6.54 Å². The molecule has 0 aliphatic heterocycles. The van der Waals surface area contributed by atoms with Gasteiger partial charge in [-0.2, -0.15) is 0 Å². The Bertz CT molecular complexity index is 878. The van der Waals surface area contributed by atoms with Gasteiger partial charge < -0.3 is 15.8 Å². The summed E-state index contributed by atoms with van der Waals surface area (Å²) in [5, 5.41) is 11.5. The fraction of sp³-hybridized carbons (Fsp3) is 0.118. The van der Waals surface area contributed by atoms with Gasteiger partial charge in [0, 0.05) is 11.4 Å². The lowest BCUT2D eigenvalue weighted by Crippen LogP contribution is -2.22. The van der Waals surface area contributed by atoms with E-state index in [-0.39, 0.29) is 12.5 Å². The predicted molar refractivity (Wildman–Crippen MR) is 98.3 cm³/mol. The van der Waals surface area contributed by atoms with Crippen LogP contribution >= 0.6 is 11.6 Å². The number of methoxy groups -OCH3 is 1. The molecule has 0 bridgehead atoms. The Morgan fingerprint density at radius 3 is 2.80 bits per heavy atom. The number of ether oxygens (including phenoxy) is 1. The van der Waals surface area contributed by atoms with Crippen LogP contribution in [-0.4, -0.2) is 27.8 Å². The van der Waals surface area contributed by atoms with Crippen molar-refractivity contribution >= 4 is 23.2 Å². The summed E-state index contributed by atoms with van der Waals surface area (Å²) < 4.78 is 6.98. The number of rotatable bonds is 5. The molecule has 0 atom stereocenters. The van der Waals surface area contributed by atoms with E-state index < -0.39 is 0 Å². The van der Waals surface area contributed by atoms with E-state index in [1.54, 1.807) is 31.6 Å². The number of hydrogen-bond donors (Lipinski definition) is 2. The maximum absolute atomic E-state index is 6.09. The molecule has 0 saturated heterocycles. The van der Waals surface area contributed by atoms with Gasteiger partial charge in [0.2, 0.25) is 0 Å². The summed E-state index contributed by atoms with van der Waals surface area (Å²) in [7, 11) is 1.56. The van der Waals surface area contributed by atoms with Crippen LogP contribution in [0.25, 0.3) is 5.69 Å². The zero-order valence-corrected chi connectivity index (χ0v) is 14.3. The Balaban J connectivity index is 1.70. The molecule has 0 amide bonds. The minimum atomic E-state index is 0.254. The second-order valence-electron chi connectivity index (χ2n) is 5.13. The maximum atomic E-state index is 6.09. The quantitative estimate of drug-likeness (QED) is 0.542. The first-order chi connectivity index (χ1) is 12.2. The summed E-state index contributed by atoms with van der Waals surface area (Å²) in [5.74, 6) is 1.53. The van der Waals surface area contributed by atoms with Crippen LogP contribution in [0.4, 0.5) is 5.69 Å². The molecule has 1 aromatic heterocycles. The van der Waals surface area contributed by atoms with E-state index in [4.69, 9.17) is 22.1 Å². The highest BCUT2D eigenvalue weighted by molar-refractivity contribution is 6.32. The number of hydrogen-bond acceptors (Lipinski definition) is 4. The van der Waals surface area contributed by atoms with Gasteiger partial charge >= 0.3 is 0 Å². The molecule has 0 radical (unpaired) electrons. The fourth-order valence-electron chi connectivity index (χ4n) is 2.26. The van der Waals surface area contributed by atoms with Crippen LogP contribution < -0.4 is 15.8 Å². The lowest BCUT2D eigenvalue weighted by atomic mass is 10.3. The monoisotopic (exact) mass is 356 g/mol. The minimum Gasteiger partial charge on any atom is -0.495 e. The average molecular weight is 357 g/mol. The molecule has 0 saturated carbocycles. The van der Waals surface area contributed by atoms with Crippen LogP contribution in [0.15, 0.2) is 59.9 Å². The first kappa shape index (κ1) is 16.8. The molecule has 1 heterocycles. The standard InChI is InChI=1S/C17H17ClN6O/c1-25-15-8-7-12(9-14(15)18)22-17(19)20-10-16-23-21-11-24(16)13-5-3-2-4-6-13/h2-9,11H,10H2,1H3,(H3,19,20,22). The molecule has 0 aliphatic rings. The van der Waals surface area contributed by atoms with Crippen LogP contribution in [0.5, 0.6) is 5.75 Å². The smallest absolute Gasteiger partial charge is 0.193 e. The van der Waals surface area contributed by atoms with Crippen LogP contribution in [0.2, 0.25) is 5.02 Å². The molecule has 7 nitrogen and oxygen atoms in total. The molecule has 0 fully saturated rings. The molecule has 2 aromatic carbocycles. The van der Waals surface area contributed by atoms with E-state index in [0.717, 1.165) is 11.4 Å². The van der Waals surface area contributed by atoms with Gasteiger partial charge in [0.05, 0.1) is 12.1 Å². The van der Waals surface area contributed by atoms with E-state index in [9.17, 15) is 0 Å². The summed E-state index contributed by atoms with van der Waals surface area (Å²) in [4.78, 5) is 4.31. The second-order valence-corrected chi connectivity index (χ2v) is 5.54. The molecular weight excluding hydrogens is 340 g/mol. The van der Waals surface area contributed by atoms with E-state index in [0.29, 0.717) is 16.6 Å². The third-order valence-corrected chi connectivity index (χ3v) is 3.76. The van der Waals surface area contributed by atoms with Crippen molar-refractivity contribution in [3.8, 4) is 11.4 Å². The third-order valence-electron chi connectivity index (χ3n) is 3.47. The first-order valence-corrected chi connectivity index (χ1v) is 7.90. The van der Waals surface area contributed by atoms with Crippen molar-refractivity contribution in [2.24, 2.45) is 10.7 Å². The van der Waals surface area contributed by atoms with Gasteiger partial charge in [-0.3, -0.25) is 4.57 Å². The summed E-state index contributed by atoms with van der Waals surface area (Å²) >= 11 is 6.09. The van der Waals surface area contributed by atoms with Gasteiger partial charge in [-0.25, -0.2) is 4.99 Å². The summed E-state index contributed by atoms with van der Waals surface area (Å²) in [5.41, 5.74) is 7.62. The molecule has 8 heteroatoms. The Morgan fingerprint density at radius 2 is 2.08 bits per heavy atom. The fourth-order valence-corrected chi connectivity index (χ4v) is 2.52. The highest BCUT2D eigenvalue weighted by Crippen LogP contribution is 2.27. The summed E-state index contributed by atoms with van der Waals surface area (Å²) in [6.45, 7) is 0.289. The molecular formula is C17H17ClN6O. The van der Waals surface area contributed by atoms with Crippen molar-refractivity contribution < 1.29 is 4.74 Å². The SMILES string of the molecule is COc1ccc(NC(N)=NCc2nncn2-c2ccccc2)cc1Cl. The first-order valence-electron chi connectivity index (χ1n) is 7.52. The average Bonchev–Trinajstić information content (AvgIpc) is 3.09. The molecule has 3 N–H and O–H groups in total. The van der Waals surface area contributed by atoms with E-state index in [1.807, 2.05) is 34.9 Å². The second kappa shape index (κ2) is 7.67. The molecule has 3 rings (SSSR count). The number of para-hydroxylation sites is 1. The van der Waals surface area contributed by atoms with Crippen LogP contribution in [0, 0.1) is 0 Å². The van der Waals surface area contributed by atoms with Crippen molar-refractivity contribution in [1.29, 1.82) is 0 Å². The van der Waals surface area contributed by atoms with Gasteiger partial charge in [0.25, 0.3) is 0 Å². The number of benzene rings is 2. The van der Waals surface area contributed by atoms with Crippen molar-refractivity contribution in [3.63, 3.8) is 0 Å². The molecule has 0 aliphatic carbocycles. The van der Waals surface area contributed by atoms with E-state index >= 15 is 0 Å². The Morgan fingerprint density at radius 1 is 1.28 bits per heavy atom. The number of aromatic nitrogens is 3. The zero-order chi connectivity index (χ0) is 17.6. The van der Waals surface area contributed by atoms with Crippen LogP contribution in [-0.2, 0) is 6.54 Å². The van der Waals surface area contributed by atoms with Gasteiger partial charge in [-0.1, -0.05) is 29.8 Å². The van der Waals surface area contributed by atoms with Gasteiger partial charge in [-0.05, 0) is 30.3 Å². The third kappa shape index (κ3) is 4.07. The Labute approximate surface area is 150 Å². The van der Waals surface area contributed by atoms with Crippen LogP contribution in [0.3, 0.4) is 0 Å². The Hall–Kier alpha value is -3.06. The summed E-state index contributed by atoms with van der Waals surface area (Å²) in [6, 6.07) is 15.1. The minimum absolute atomic E-state index is 0.254.